The number of aliphatic hydroxyl groups is 1. The lowest BCUT2D eigenvalue weighted by atomic mass is 9.94. The summed E-state index contributed by atoms with van der Waals surface area (Å²) in [6.07, 6.45) is 0. The third kappa shape index (κ3) is 2.25. The Morgan fingerprint density at radius 1 is 0.941 bits per heavy atom. The molecule has 1 N–H and O–H groups in total. The molecule has 2 aromatic rings. The fourth-order valence-electron chi connectivity index (χ4n) is 2.13. The average molecular weight is 226 g/mol. The lowest BCUT2D eigenvalue weighted by Crippen LogP contribution is -1.92. The van der Waals surface area contributed by atoms with Gasteiger partial charge in [0.25, 0.3) is 0 Å². The van der Waals surface area contributed by atoms with E-state index in [0.717, 1.165) is 11.1 Å². The Morgan fingerprint density at radius 2 is 1.53 bits per heavy atom. The van der Waals surface area contributed by atoms with Gasteiger partial charge >= 0.3 is 0 Å². The Labute approximate surface area is 103 Å². The lowest BCUT2D eigenvalue weighted by Gasteiger charge is -2.12. The van der Waals surface area contributed by atoms with Gasteiger partial charge in [0, 0.05) is 0 Å². The van der Waals surface area contributed by atoms with Crippen molar-refractivity contribution in [3.63, 3.8) is 0 Å². The van der Waals surface area contributed by atoms with Crippen LogP contribution in [0.15, 0.2) is 36.4 Å². The molecule has 0 fully saturated rings. The van der Waals surface area contributed by atoms with Crippen molar-refractivity contribution in [2.75, 3.05) is 0 Å². The molecule has 0 aliphatic carbocycles. The second kappa shape index (κ2) is 4.72. The van der Waals surface area contributed by atoms with Gasteiger partial charge in [-0.2, -0.15) is 0 Å². The van der Waals surface area contributed by atoms with Crippen molar-refractivity contribution in [1.82, 2.24) is 0 Å². The van der Waals surface area contributed by atoms with Crippen molar-refractivity contribution in [2.45, 2.75) is 27.4 Å². The number of rotatable bonds is 2. The summed E-state index contributed by atoms with van der Waals surface area (Å²) in [6, 6.07) is 12.4. The van der Waals surface area contributed by atoms with E-state index in [1.165, 1.54) is 22.3 Å². The fourth-order valence-corrected chi connectivity index (χ4v) is 2.13. The standard InChI is InChI=1S/C16H18O/c1-11-8-15(9-12(2)13(11)3)16-7-5-4-6-14(16)10-17/h4-9,17H,10H2,1-3H3. The fraction of sp³-hybridized carbons (Fsp3) is 0.250. The van der Waals surface area contributed by atoms with Gasteiger partial charge in [0.15, 0.2) is 0 Å². The van der Waals surface area contributed by atoms with E-state index in [2.05, 4.69) is 39.0 Å². The normalized spacial score (nSPS) is 10.6. The number of benzene rings is 2. The third-order valence-electron chi connectivity index (χ3n) is 3.43. The summed E-state index contributed by atoms with van der Waals surface area (Å²) < 4.78 is 0. The molecular weight excluding hydrogens is 208 g/mol. The molecule has 0 unspecified atom stereocenters. The molecule has 17 heavy (non-hydrogen) atoms. The van der Waals surface area contributed by atoms with Crippen molar-refractivity contribution >= 4 is 0 Å². The molecule has 0 aliphatic rings. The van der Waals surface area contributed by atoms with E-state index in [1.54, 1.807) is 0 Å². The molecule has 0 aromatic heterocycles. The lowest BCUT2D eigenvalue weighted by molar-refractivity contribution is 0.282. The predicted octanol–water partition coefficient (Wildman–Crippen LogP) is 3.77. The summed E-state index contributed by atoms with van der Waals surface area (Å²) in [4.78, 5) is 0. The summed E-state index contributed by atoms with van der Waals surface area (Å²) in [6.45, 7) is 6.50. The Morgan fingerprint density at radius 3 is 2.12 bits per heavy atom. The maximum atomic E-state index is 9.37. The van der Waals surface area contributed by atoms with Crippen LogP contribution in [0.3, 0.4) is 0 Å². The van der Waals surface area contributed by atoms with E-state index in [-0.39, 0.29) is 6.61 Å². The summed E-state index contributed by atoms with van der Waals surface area (Å²) in [5.74, 6) is 0. The maximum Gasteiger partial charge on any atom is 0.0687 e. The van der Waals surface area contributed by atoms with Crippen LogP contribution in [0.5, 0.6) is 0 Å². The zero-order chi connectivity index (χ0) is 12.4. The van der Waals surface area contributed by atoms with Crippen LogP contribution in [-0.2, 0) is 6.61 Å². The maximum absolute atomic E-state index is 9.37. The van der Waals surface area contributed by atoms with Crippen molar-refractivity contribution < 1.29 is 5.11 Å². The van der Waals surface area contributed by atoms with Crippen molar-refractivity contribution in [3.8, 4) is 11.1 Å². The van der Waals surface area contributed by atoms with Gasteiger partial charge in [-0.15, -0.1) is 0 Å². The summed E-state index contributed by atoms with van der Waals surface area (Å²) in [7, 11) is 0. The van der Waals surface area contributed by atoms with Crippen molar-refractivity contribution in [2.24, 2.45) is 0 Å². The number of hydrogen-bond donors (Lipinski definition) is 1. The molecule has 1 nitrogen and oxygen atoms in total. The highest BCUT2D eigenvalue weighted by atomic mass is 16.3. The molecule has 88 valence electrons. The van der Waals surface area contributed by atoms with Crippen molar-refractivity contribution in [3.05, 3.63) is 58.7 Å². The van der Waals surface area contributed by atoms with Crippen LogP contribution < -0.4 is 0 Å². The summed E-state index contributed by atoms with van der Waals surface area (Å²) >= 11 is 0. The quantitative estimate of drug-likeness (QED) is 0.826. The molecule has 0 saturated carbocycles. The van der Waals surface area contributed by atoms with E-state index in [1.807, 2.05) is 18.2 Å². The minimum Gasteiger partial charge on any atom is -0.392 e. The zero-order valence-corrected chi connectivity index (χ0v) is 10.6. The largest absolute Gasteiger partial charge is 0.392 e. The number of aliphatic hydroxyl groups excluding tert-OH is 1. The topological polar surface area (TPSA) is 20.2 Å². The van der Waals surface area contributed by atoms with Crippen LogP contribution >= 0.6 is 0 Å². The monoisotopic (exact) mass is 226 g/mol. The van der Waals surface area contributed by atoms with Crippen LogP contribution in [0.25, 0.3) is 11.1 Å². The first-order chi connectivity index (χ1) is 8.13. The number of hydrogen-bond acceptors (Lipinski definition) is 1. The third-order valence-corrected chi connectivity index (χ3v) is 3.43. The van der Waals surface area contributed by atoms with Gasteiger partial charge in [0.05, 0.1) is 6.61 Å². The first-order valence-corrected chi connectivity index (χ1v) is 5.90. The highest BCUT2D eigenvalue weighted by molar-refractivity contribution is 5.69. The highest BCUT2D eigenvalue weighted by Gasteiger charge is 2.06. The Bertz CT molecular complexity index is 518. The highest BCUT2D eigenvalue weighted by Crippen LogP contribution is 2.27. The SMILES string of the molecule is Cc1cc(-c2ccccc2CO)cc(C)c1C. The van der Waals surface area contributed by atoms with Crippen LogP contribution in [0.2, 0.25) is 0 Å². The molecule has 2 aromatic carbocycles. The molecule has 0 spiro atoms. The van der Waals surface area contributed by atoms with Crippen LogP contribution in [-0.4, -0.2) is 5.11 Å². The summed E-state index contributed by atoms with van der Waals surface area (Å²) in [5.41, 5.74) is 7.24. The number of aryl methyl sites for hydroxylation is 2. The van der Waals surface area contributed by atoms with Gasteiger partial charge in [-0.05, 0) is 54.2 Å². The average Bonchev–Trinajstić information content (AvgIpc) is 2.35. The molecule has 0 radical (unpaired) electrons. The second-order valence-corrected chi connectivity index (χ2v) is 4.55. The first-order valence-electron chi connectivity index (χ1n) is 5.90. The zero-order valence-electron chi connectivity index (χ0n) is 10.6. The Kier molecular flexibility index (Phi) is 3.30. The molecule has 0 atom stereocenters. The minimum atomic E-state index is 0.0855. The smallest absolute Gasteiger partial charge is 0.0687 e. The molecule has 0 heterocycles. The second-order valence-electron chi connectivity index (χ2n) is 4.55. The Balaban J connectivity index is 2.61. The minimum absolute atomic E-state index is 0.0855. The van der Waals surface area contributed by atoms with Gasteiger partial charge < -0.3 is 5.11 Å². The van der Waals surface area contributed by atoms with E-state index in [0.29, 0.717) is 0 Å². The van der Waals surface area contributed by atoms with Gasteiger partial charge in [-0.25, -0.2) is 0 Å². The summed E-state index contributed by atoms with van der Waals surface area (Å²) in [5, 5.41) is 9.37. The van der Waals surface area contributed by atoms with Gasteiger partial charge in [-0.3, -0.25) is 0 Å². The van der Waals surface area contributed by atoms with Crippen LogP contribution in [0.1, 0.15) is 22.3 Å². The van der Waals surface area contributed by atoms with Crippen LogP contribution in [0.4, 0.5) is 0 Å². The molecule has 0 amide bonds. The van der Waals surface area contributed by atoms with E-state index >= 15 is 0 Å². The van der Waals surface area contributed by atoms with E-state index in [9.17, 15) is 5.11 Å². The molecule has 0 aliphatic heterocycles. The molecule has 0 bridgehead atoms. The Hall–Kier alpha value is -1.60. The van der Waals surface area contributed by atoms with Crippen molar-refractivity contribution in [1.29, 1.82) is 0 Å². The predicted molar refractivity (Wildman–Crippen MR) is 72.0 cm³/mol. The van der Waals surface area contributed by atoms with Gasteiger partial charge in [-0.1, -0.05) is 36.4 Å². The van der Waals surface area contributed by atoms with Gasteiger partial charge in [0.2, 0.25) is 0 Å². The van der Waals surface area contributed by atoms with E-state index < -0.39 is 0 Å². The molecule has 1 heteroatoms. The first kappa shape index (κ1) is 11.9. The molecular formula is C16H18O. The van der Waals surface area contributed by atoms with E-state index in [4.69, 9.17) is 0 Å². The molecule has 2 rings (SSSR count). The van der Waals surface area contributed by atoms with Gasteiger partial charge in [0.1, 0.15) is 0 Å². The molecule has 0 saturated heterocycles. The van der Waals surface area contributed by atoms with Crippen LogP contribution in [0, 0.1) is 20.8 Å².